The SMILES string of the molecule is CN1CCN=C1NCc1ccc(F)cn1. The van der Waals surface area contributed by atoms with Gasteiger partial charge in [-0.2, -0.15) is 0 Å². The third-order valence-electron chi connectivity index (χ3n) is 2.27. The largest absolute Gasteiger partial charge is 0.351 e. The highest BCUT2D eigenvalue weighted by atomic mass is 19.1. The first kappa shape index (κ1) is 9.89. The molecule has 1 aliphatic rings. The Balaban J connectivity index is 1.90. The molecule has 0 atom stereocenters. The minimum atomic E-state index is -0.311. The van der Waals surface area contributed by atoms with E-state index in [4.69, 9.17) is 0 Å². The molecule has 1 aliphatic heterocycles. The van der Waals surface area contributed by atoms with Crippen molar-refractivity contribution in [3.63, 3.8) is 0 Å². The van der Waals surface area contributed by atoms with E-state index in [1.807, 2.05) is 11.9 Å². The Hall–Kier alpha value is -1.65. The van der Waals surface area contributed by atoms with Crippen molar-refractivity contribution in [1.29, 1.82) is 0 Å². The zero-order chi connectivity index (χ0) is 10.7. The average Bonchev–Trinajstić information content (AvgIpc) is 2.63. The molecule has 0 saturated heterocycles. The van der Waals surface area contributed by atoms with Gasteiger partial charge in [0.25, 0.3) is 0 Å². The Morgan fingerprint density at radius 3 is 3.00 bits per heavy atom. The molecule has 0 aromatic carbocycles. The predicted octanol–water partition coefficient (Wildman–Crippen LogP) is 0.612. The van der Waals surface area contributed by atoms with Crippen LogP contribution in [0.3, 0.4) is 0 Å². The van der Waals surface area contributed by atoms with Crippen molar-refractivity contribution in [3.05, 3.63) is 29.8 Å². The van der Waals surface area contributed by atoms with Crippen molar-refractivity contribution in [3.8, 4) is 0 Å². The van der Waals surface area contributed by atoms with Crippen molar-refractivity contribution in [2.24, 2.45) is 4.99 Å². The molecule has 0 unspecified atom stereocenters. The number of guanidine groups is 1. The second-order valence-electron chi connectivity index (χ2n) is 3.45. The summed E-state index contributed by atoms with van der Waals surface area (Å²) in [7, 11) is 1.98. The molecule has 2 heterocycles. The molecular formula is C10H13FN4. The summed E-state index contributed by atoms with van der Waals surface area (Å²) < 4.78 is 12.6. The van der Waals surface area contributed by atoms with Crippen LogP contribution in [0.25, 0.3) is 0 Å². The van der Waals surface area contributed by atoms with Crippen molar-refractivity contribution in [2.75, 3.05) is 20.1 Å². The maximum atomic E-state index is 12.6. The van der Waals surface area contributed by atoms with E-state index in [2.05, 4.69) is 15.3 Å². The number of aromatic nitrogens is 1. The number of rotatable bonds is 2. The number of hydrogen-bond donors (Lipinski definition) is 1. The third kappa shape index (κ3) is 2.43. The van der Waals surface area contributed by atoms with Gasteiger partial charge in [0.1, 0.15) is 5.82 Å². The van der Waals surface area contributed by atoms with Crippen LogP contribution in [-0.2, 0) is 6.54 Å². The molecule has 0 radical (unpaired) electrons. The highest BCUT2D eigenvalue weighted by Crippen LogP contribution is 1.99. The van der Waals surface area contributed by atoms with Crippen molar-refractivity contribution in [2.45, 2.75) is 6.54 Å². The van der Waals surface area contributed by atoms with Crippen LogP contribution in [0.15, 0.2) is 23.3 Å². The fourth-order valence-electron chi connectivity index (χ4n) is 1.40. The van der Waals surface area contributed by atoms with E-state index in [0.717, 1.165) is 24.7 Å². The van der Waals surface area contributed by atoms with Crippen LogP contribution in [0.4, 0.5) is 4.39 Å². The predicted molar refractivity (Wildman–Crippen MR) is 56.0 cm³/mol. The summed E-state index contributed by atoms with van der Waals surface area (Å²) in [6, 6.07) is 3.07. The van der Waals surface area contributed by atoms with Gasteiger partial charge >= 0.3 is 0 Å². The lowest BCUT2D eigenvalue weighted by Gasteiger charge is -2.14. The normalized spacial score (nSPS) is 15.3. The molecule has 1 N–H and O–H groups in total. The number of pyridine rings is 1. The molecule has 5 heteroatoms. The van der Waals surface area contributed by atoms with Crippen LogP contribution in [0.5, 0.6) is 0 Å². The Bertz CT molecular complexity index is 360. The average molecular weight is 208 g/mol. The molecule has 0 fully saturated rings. The number of halogens is 1. The molecule has 0 bridgehead atoms. The van der Waals surface area contributed by atoms with E-state index in [1.54, 1.807) is 6.07 Å². The maximum Gasteiger partial charge on any atom is 0.194 e. The smallest absolute Gasteiger partial charge is 0.194 e. The van der Waals surface area contributed by atoms with Gasteiger partial charge in [0.15, 0.2) is 5.96 Å². The van der Waals surface area contributed by atoms with Gasteiger partial charge in [0, 0.05) is 13.6 Å². The van der Waals surface area contributed by atoms with Crippen LogP contribution in [0.1, 0.15) is 5.69 Å². The Kier molecular flexibility index (Phi) is 2.80. The van der Waals surface area contributed by atoms with Gasteiger partial charge in [0.05, 0.1) is 25.0 Å². The standard InChI is InChI=1S/C10H13FN4/c1-15-5-4-12-10(15)14-7-9-3-2-8(11)6-13-9/h2-3,6H,4-5,7H2,1H3,(H,12,14). The first-order valence-corrected chi connectivity index (χ1v) is 4.85. The number of nitrogens with zero attached hydrogens (tertiary/aromatic N) is 3. The van der Waals surface area contributed by atoms with Crippen molar-refractivity contribution >= 4 is 5.96 Å². The molecule has 0 aliphatic carbocycles. The van der Waals surface area contributed by atoms with E-state index < -0.39 is 0 Å². The summed E-state index contributed by atoms with van der Waals surface area (Å²) in [5.74, 6) is 0.565. The Labute approximate surface area is 87.8 Å². The molecule has 4 nitrogen and oxygen atoms in total. The van der Waals surface area contributed by atoms with Gasteiger partial charge < -0.3 is 10.2 Å². The van der Waals surface area contributed by atoms with Crippen molar-refractivity contribution < 1.29 is 4.39 Å². The van der Waals surface area contributed by atoms with E-state index in [1.165, 1.54) is 12.3 Å². The minimum absolute atomic E-state index is 0.311. The minimum Gasteiger partial charge on any atom is -0.351 e. The summed E-state index contributed by atoms with van der Waals surface area (Å²) in [5, 5.41) is 3.16. The Morgan fingerprint density at radius 2 is 2.40 bits per heavy atom. The molecule has 0 saturated carbocycles. The summed E-state index contributed by atoms with van der Waals surface area (Å²) in [5.41, 5.74) is 0.805. The van der Waals surface area contributed by atoms with Gasteiger partial charge in [-0.05, 0) is 12.1 Å². The summed E-state index contributed by atoms with van der Waals surface area (Å²) in [4.78, 5) is 10.3. The fourth-order valence-corrected chi connectivity index (χ4v) is 1.40. The Morgan fingerprint density at radius 1 is 1.53 bits per heavy atom. The quantitative estimate of drug-likeness (QED) is 0.774. The second kappa shape index (κ2) is 4.25. The van der Waals surface area contributed by atoms with Crippen LogP contribution in [0, 0.1) is 5.82 Å². The maximum absolute atomic E-state index is 12.6. The van der Waals surface area contributed by atoms with Gasteiger partial charge in [-0.3, -0.25) is 9.98 Å². The number of hydrogen-bond acceptors (Lipinski definition) is 4. The molecule has 15 heavy (non-hydrogen) atoms. The first-order chi connectivity index (χ1) is 7.25. The zero-order valence-corrected chi connectivity index (χ0v) is 8.57. The number of likely N-dealkylation sites (N-methyl/N-ethyl adjacent to an activating group) is 1. The van der Waals surface area contributed by atoms with Gasteiger partial charge in [-0.1, -0.05) is 0 Å². The van der Waals surface area contributed by atoms with Gasteiger partial charge in [-0.25, -0.2) is 4.39 Å². The summed E-state index contributed by atoms with van der Waals surface area (Å²) >= 11 is 0. The topological polar surface area (TPSA) is 40.5 Å². The molecule has 0 spiro atoms. The van der Waals surface area contributed by atoms with Crippen LogP contribution in [-0.4, -0.2) is 36.0 Å². The van der Waals surface area contributed by atoms with E-state index in [0.29, 0.717) is 6.54 Å². The van der Waals surface area contributed by atoms with E-state index >= 15 is 0 Å². The molecule has 1 aromatic rings. The van der Waals surface area contributed by atoms with E-state index in [9.17, 15) is 4.39 Å². The first-order valence-electron chi connectivity index (χ1n) is 4.85. The lowest BCUT2D eigenvalue weighted by Crippen LogP contribution is -2.35. The van der Waals surface area contributed by atoms with Crippen LogP contribution < -0.4 is 5.32 Å². The highest BCUT2D eigenvalue weighted by Gasteiger charge is 2.11. The van der Waals surface area contributed by atoms with Gasteiger partial charge in [0.2, 0.25) is 0 Å². The fraction of sp³-hybridized carbons (Fsp3) is 0.400. The molecule has 80 valence electrons. The summed E-state index contributed by atoms with van der Waals surface area (Å²) in [6.07, 6.45) is 1.22. The number of aliphatic imine (C=N–C) groups is 1. The van der Waals surface area contributed by atoms with Gasteiger partial charge in [-0.15, -0.1) is 0 Å². The molecule has 0 amide bonds. The van der Waals surface area contributed by atoms with Crippen molar-refractivity contribution in [1.82, 2.24) is 15.2 Å². The molecular weight excluding hydrogens is 195 g/mol. The lowest BCUT2D eigenvalue weighted by atomic mass is 10.3. The highest BCUT2D eigenvalue weighted by molar-refractivity contribution is 5.81. The lowest BCUT2D eigenvalue weighted by molar-refractivity contribution is 0.533. The molecule has 2 rings (SSSR count). The zero-order valence-electron chi connectivity index (χ0n) is 8.57. The summed E-state index contributed by atoms with van der Waals surface area (Å²) in [6.45, 7) is 2.35. The number of nitrogens with one attached hydrogen (secondary N) is 1. The second-order valence-corrected chi connectivity index (χ2v) is 3.45. The van der Waals surface area contributed by atoms with Crippen LogP contribution in [0.2, 0.25) is 0 Å². The third-order valence-corrected chi connectivity index (χ3v) is 2.27. The molecule has 1 aromatic heterocycles. The monoisotopic (exact) mass is 208 g/mol. The van der Waals surface area contributed by atoms with E-state index in [-0.39, 0.29) is 5.82 Å². The van der Waals surface area contributed by atoms with Crippen LogP contribution >= 0.6 is 0 Å².